The summed E-state index contributed by atoms with van der Waals surface area (Å²) in [6.07, 6.45) is -0.0744. The molecule has 3 nitrogen and oxygen atoms in total. The molecule has 0 saturated carbocycles. The Kier molecular flexibility index (Phi) is 3.58. The van der Waals surface area contributed by atoms with Gasteiger partial charge in [-0.1, -0.05) is 11.6 Å². The third kappa shape index (κ3) is 2.42. The van der Waals surface area contributed by atoms with E-state index in [1.165, 1.54) is 7.11 Å². The minimum Gasteiger partial charge on any atom is -0.496 e. The van der Waals surface area contributed by atoms with Crippen molar-refractivity contribution < 1.29 is 14.6 Å². The van der Waals surface area contributed by atoms with Gasteiger partial charge in [-0.2, -0.15) is 0 Å². The first-order valence-electron chi connectivity index (χ1n) is 4.51. The van der Waals surface area contributed by atoms with E-state index in [1.807, 2.05) is 6.92 Å². The quantitative estimate of drug-likeness (QED) is 0.865. The maximum atomic E-state index is 10.7. The van der Waals surface area contributed by atoms with E-state index in [9.17, 15) is 4.79 Å². The van der Waals surface area contributed by atoms with E-state index in [-0.39, 0.29) is 6.42 Å². The molecule has 0 aliphatic rings. The third-order valence-electron chi connectivity index (χ3n) is 2.32. The number of carboxylic acid groups (broad SMARTS) is 1. The molecule has 0 aliphatic heterocycles. The van der Waals surface area contributed by atoms with Crippen molar-refractivity contribution in [3.8, 4) is 5.75 Å². The van der Waals surface area contributed by atoms with Crippen molar-refractivity contribution in [1.82, 2.24) is 0 Å². The predicted octanol–water partition coefficient (Wildman–Crippen LogP) is 2.59. The van der Waals surface area contributed by atoms with Crippen LogP contribution in [-0.2, 0) is 11.2 Å². The first kappa shape index (κ1) is 11.9. The second kappa shape index (κ2) is 4.53. The molecule has 0 spiro atoms. The fraction of sp³-hybridized carbons (Fsp3) is 0.364. The molecule has 1 N–H and O–H groups in total. The van der Waals surface area contributed by atoms with Gasteiger partial charge in [0.15, 0.2) is 0 Å². The van der Waals surface area contributed by atoms with Gasteiger partial charge in [0.25, 0.3) is 0 Å². The van der Waals surface area contributed by atoms with Gasteiger partial charge < -0.3 is 9.84 Å². The van der Waals surface area contributed by atoms with Crippen LogP contribution in [0.15, 0.2) is 6.07 Å². The molecule has 0 atom stereocenters. The van der Waals surface area contributed by atoms with Gasteiger partial charge in [0, 0.05) is 10.6 Å². The van der Waals surface area contributed by atoms with Crippen LogP contribution in [0.5, 0.6) is 5.75 Å². The van der Waals surface area contributed by atoms with E-state index in [4.69, 9.17) is 21.4 Å². The van der Waals surface area contributed by atoms with Crippen LogP contribution in [0.2, 0.25) is 5.02 Å². The Morgan fingerprint density at radius 2 is 2.13 bits per heavy atom. The second-order valence-electron chi connectivity index (χ2n) is 3.38. The Balaban J connectivity index is 3.33. The molecule has 1 rings (SSSR count). The van der Waals surface area contributed by atoms with Crippen molar-refractivity contribution in [3.63, 3.8) is 0 Å². The Morgan fingerprint density at radius 1 is 1.53 bits per heavy atom. The number of carbonyl (C=O) groups is 1. The summed E-state index contributed by atoms with van der Waals surface area (Å²) in [6, 6.07) is 1.76. The Labute approximate surface area is 93.6 Å². The first-order chi connectivity index (χ1) is 6.97. The van der Waals surface area contributed by atoms with Crippen LogP contribution in [-0.4, -0.2) is 18.2 Å². The summed E-state index contributed by atoms with van der Waals surface area (Å²) in [5.41, 5.74) is 2.30. The van der Waals surface area contributed by atoms with Crippen molar-refractivity contribution in [2.75, 3.05) is 7.11 Å². The summed E-state index contributed by atoms with van der Waals surface area (Å²) in [7, 11) is 1.52. The number of rotatable bonds is 3. The molecule has 0 radical (unpaired) electrons. The summed E-state index contributed by atoms with van der Waals surface area (Å²) >= 11 is 6.05. The summed E-state index contributed by atoms with van der Waals surface area (Å²) < 4.78 is 5.14. The molecule has 0 saturated heterocycles. The lowest BCUT2D eigenvalue weighted by molar-refractivity contribution is -0.136. The fourth-order valence-corrected chi connectivity index (χ4v) is 1.68. The number of ether oxygens (including phenoxy) is 1. The van der Waals surface area contributed by atoms with E-state index < -0.39 is 5.97 Å². The number of benzene rings is 1. The lowest BCUT2D eigenvalue weighted by Crippen LogP contribution is -2.05. The highest BCUT2D eigenvalue weighted by Crippen LogP contribution is 2.31. The summed E-state index contributed by atoms with van der Waals surface area (Å²) in [6.45, 7) is 3.67. The number of carboxylic acids is 1. The van der Waals surface area contributed by atoms with Gasteiger partial charge in [-0.15, -0.1) is 0 Å². The SMILES string of the molecule is COc1cc(C)c(Cl)c(C)c1CC(=O)O. The zero-order chi connectivity index (χ0) is 11.6. The smallest absolute Gasteiger partial charge is 0.307 e. The normalized spacial score (nSPS) is 10.1. The molecule has 0 heterocycles. The van der Waals surface area contributed by atoms with E-state index in [0.717, 1.165) is 11.1 Å². The first-order valence-corrected chi connectivity index (χ1v) is 4.89. The summed E-state index contributed by atoms with van der Waals surface area (Å²) in [4.78, 5) is 10.7. The highest BCUT2D eigenvalue weighted by molar-refractivity contribution is 6.32. The van der Waals surface area contributed by atoms with E-state index >= 15 is 0 Å². The van der Waals surface area contributed by atoms with Gasteiger partial charge in [-0.25, -0.2) is 0 Å². The molecule has 15 heavy (non-hydrogen) atoms. The Hall–Kier alpha value is -1.22. The van der Waals surface area contributed by atoms with Crippen LogP contribution in [0.1, 0.15) is 16.7 Å². The van der Waals surface area contributed by atoms with E-state index in [1.54, 1.807) is 13.0 Å². The number of halogens is 1. The van der Waals surface area contributed by atoms with Crippen molar-refractivity contribution in [1.29, 1.82) is 0 Å². The van der Waals surface area contributed by atoms with Crippen LogP contribution in [0.3, 0.4) is 0 Å². The maximum absolute atomic E-state index is 10.7. The van der Waals surface area contributed by atoms with Gasteiger partial charge in [-0.05, 0) is 31.0 Å². The molecule has 0 amide bonds. The average Bonchev–Trinajstić information content (AvgIpc) is 2.18. The van der Waals surface area contributed by atoms with Crippen molar-refractivity contribution >= 4 is 17.6 Å². The molecule has 0 aliphatic carbocycles. The minimum atomic E-state index is -0.892. The van der Waals surface area contributed by atoms with Crippen LogP contribution >= 0.6 is 11.6 Å². The zero-order valence-corrected chi connectivity index (χ0v) is 9.68. The highest BCUT2D eigenvalue weighted by Gasteiger charge is 2.14. The number of methoxy groups -OCH3 is 1. The molecule has 4 heteroatoms. The molecule has 0 fully saturated rings. The largest absolute Gasteiger partial charge is 0.496 e. The highest BCUT2D eigenvalue weighted by atomic mass is 35.5. The van der Waals surface area contributed by atoms with E-state index in [2.05, 4.69) is 0 Å². The van der Waals surface area contributed by atoms with Crippen LogP contribution in [0, 0.1) is 13.8 Å². The summed E-state index contributed by atoms with van der Waals surface area (Å²) in [5, 5.41) is 9.38. The van der Waals surface area contributed by atoms with Crippen LogP contribution < -0.4 is 4.74 Å². The van der Waals surface area contributed by atoms with E-state index in [0.29, 0.717) is 16.3 Å². The molecule has 0 unspecified atom stereocenters. The fourth-order valence-electron chi connectivity index (χ4n) is 1.51. The number of aryl methyl sites for hydroxylation is 1. The second-order valence-corrected chi connectivity index (χ2v) is 3.76. The molecule has 82 valence electrons. The lowest BCUT2D eigenvalue weighted by Gasteiger charge is -2.13. The van der Waals surface area contributed by atoms with Gasteiger partial charge in [0.1, 0.15) is 5.75 Å². The Morgan fingerprint density at radius 3 is 2.60 bits per heavy atom. The standard InChI is InChI=1S/C11H13ClO3/c1-6-4-9(15-3)8(5-10(13)14)7(2)11(6)12/h4H,5H2,1-3H3,(H,13,14). The van der Waals surface area contributed by atoms with Gasteiger partial charge in [0.2, 0.25) is 0 Å². The molecular formula is C11H13ClO3. The molecule has 1 aromatic rings. The van der Waals surface area contributed by atoms with Gasteiger partial charge in [-0.3, -0.25) is 4.79 Å². The topological polar surface area (TPSA) is 46.5 Å². The minimum absolute atomic E-state index is 0.0744. The molecule has 0 aromatic heterocycles. The van der Waals surface area contributed by atoms with Gasteiger partial charge >= 0.3 is 5.97 Å². The lowest BCUT2D eigenvalue weighted by atomic mass is 10.0. The maximum Gasteiger partial charge on any atom is 0.307 e. The molecule has 0 bridgehead atoms. The van der Waals surface area contributed by atoms with Crippen LogP contribution in [0.25, 0.3) is 0 Å². The van der Waals surface area contributed by atoms with Crippen molar-refractivity contribution in [2.45, 2.75) is 20.3 Å². The van der Waals surface area contributed by atoms with Crippen LogP contribution in [0.4, 0.5) is 0 Å². The summed E-state index contributed by atoms with van der Waals surface area (Å²) in [5.74, 6) is -0.312. The van der Waals surface area contributed by atoms with Gasteiger partial charge in [0.05, 0.1) is 13.5 Å². The molecule has 1 aromatic carbocycles. The Bertz CT molecular complexity index is 399. The van der Waals surface area contributed by atoms with Crippen molar-refractivity contribution in [3.05, 3.63) is 27.8 Å². The third-order valence-corrected chi connectivity index (χ3v) is 2.90. The predicted molar refractivity (Wildman–Crippen MR) is 58.8 cm³/mol. The number of hydrogen-bond donors (Lipinski definition) is 1. The average molecular weight is 229 g/mol. The van der Waals surface area contributed by atoms with Crippen molar-refractivity contribution in [2.24, 2.45) is 0 Å². The number of aliphatic carboxylic acids is 1. The zero-order valence-electron chi connectivity index (χ0n) is 8.93. The number of hydrogen-bond acceptors (Lipinski definition) is 2. The monoisotopic (exact) mass is 228 g/mol. The molecular weight excluding hydrogens is 216 g/mol.